The number of amides is 1. The highest BCUT2D eigenvalue weighted by molar-refractivity contribution is 14.1. The zero-order valence-electron chi connectivity index (χ0n) is 9.15. The van der Waals surface area contributed by atoms with Gasteiger partial charge in [0.1, 0.15) is 5.69 Å². The number of pyridine rings is 1. The Morgan fingerprint density at radius 2 is 1.94 bits per heavy atom. The minimum absolute atomic E-state index is 0.0704. The molecule has 0 atom stereocenters. The number of benzene rings is 1. The summed E-state index contributed by atoms with van der Waals surface area (Å²) in [5.41, 5.74) is 5.90. The molecule has 18 heavy (non-hydrogen) atoms. The third kappa shape index (κ3) is 2.76. The molecule has 0 aliphatic carbocycles. The van der Waals surface area contributed by atoms with Crippen LogP contribution in [0.25, 0.3) is 0 Å². The van der Waals surface area contributed by atoms with Crippen LogP contribution in [0.4, 0.5) is 15.8 Å². The van der Waals surface area contributed by atoms with E-state index in [1.807, 2.05) is 12.1 Å². The topological polar surface area (TPSA) is 68.0 Å². The van der Waals surface area contributed by atoms with Gasteiger partial charge in [-0.3, -0.25) is 4.79 Å². The van der Waals surface area contributed by atoms with Crippen molar-refractivity contribution >= 4 is 39.9 Å². The molecule has 0 aliphatic heterocycles. The van der Waals surface area contributed by atoms with Crippen LogP contribution < -0.4 is 11.1 Å². The lowest BCUT2D eigenvalue weighted by Gasteiger charge is -2.07. The Morgan fingerprint density at radius 1 is 1.28 bits per heavy atom. The van der Waals surface area contributed by atoms with Crippen LogP contribution in [0.5, 0.6) is 0 Å². The summed E-state index contributed by atoms with van der Waals surface area (Å²) in [7, 11) is 0. The van der Waals surface area contributed by atoms with Crippen LogP contribution in [0.2, 0.25) is 0 Å². The largest absolute Gasteiger partial charge is 0.394 e. The van der Waals surface area contributed by atoms with Crippen molar-refractivity contribution in [2.24, 2.45) is 0 Å². The molecule has 2 aromatic rings. The van der Waals surface area contributed by atoms with Crippen LogP contribution in [-0.2, 0) is 0 Å². The van der Waals surface area contributed by atoms with E-state index >= 15 is 0 Å². The summed E-state index contributed by atoms with van der Waals surface area (Å²) >= 11 is 2.16. The highest BCUT2D eigenvalue weighted by Crippen LogP contribution is 2.17. The number of nitrogens with one attached hydrogen (secondary N) is 1. The van der Waals surface area contributed by atoms with Crippen molar-refractivity contribution in [1.29, 1.82) is 0 Å². The first-order valence-corrected chi connectivity index (χ1v) is 6.12. The molecule has 0 saturated carbocycles. The van der Waals surface area contributed by atoms with Crippen LogP contribution in [0.3, 0.4) is 0 Å². The summed E-state index contributed by atoms with van der Waals surface area (Å²) in [5, 5.41) is 2.64. The minimum Gasteiger partial charge on any atom is -0.394 e. The van der Waals surface area contributed by atoms with Gasteiger partial charge in [0.05, 0.1) is 5.56 Å². The zero-order chi connectivity index (χ0) is 13.1. The molecule has 3 N–H and O–H groups in total. The molecule has 0 bridgehead atoms. The lowest BCUT2D eigenvalue weighted by atomic mass is 10.2. The minimum atomic E-state index is -0.842. The maximum absolute atomic E-state index is 13.1. The molecule has 0 fully saturated rings. The van der Waals surface area contributed by atoms with Gasteiger partial charge in [0.15, 0.2) is 0 Å². The smallest absolute Gasteiger partial charge is 0.257 e. The Bertz CT molecular complexity index is 586. The monoisotopic (exact) mass is 357 g/mol. The fourth-order valence-corrected chi connectivity index (χ4v) is 1.74. The van der Waals surface area contributed by atoms with Crippen molar-refractivity contribution in [1.82, 2.24) is 4.98 Å². The Labute approximate surface area is 117 Å². The van der Waals surface area contributed by atoms with Crippen molar-refractivity contribution < 1.29 is 9.18 Å². The molecule has 0 unspecified atom stereocenters. The number of nitrogens with zero attached hydrogens (tertiary/aromatic N) is 1. The molecule has 0 spiro atoms. The molecule has 2 rings (SSSR count). The number of carbonyl (C=O) groups is 1. The van der Waals surface area contributed by atoms with Crippen molar-refractivity contribution in [3.05, 3.63) is 51.6 Å². The van der Waals surface area contributed by atoms with Crippen molar-refractivity contribution in [3.8, 4) is 0 Å². The van der Waals surface area contributed by atoms with E-state index in [0.29, 0.717) is 5.69 Å². The van der Waals surface area contributed by atoms with Gasteiger partial charge in [0.2, 0.25) is 5.95 Å². The number of hydrogen-bond donors (Lipinski definition) is 2. The first kappa shape index (κ1) is 12.7. The van der Waals surface area contributed by atoms with Crippen LogP contribution in [0, 0.1) is 9.52 Å². The Hall–Kier alpha value is -1.70. The van der Waals surface area contributed by atoms with Gasteiger partial charge in [0.25, 0.3) is 5.91 Å². The summed E-state index contributed by atoms with van der Waals surface area (Å²) in [6.45, 7) is 0. The Kier molecular flexibility index (Phi) is 3.75. The molecule has 1 aromatic carbocycles. The van der Waals surface area contributed by atoms with Crippen molar-refractivity contribution in [3.63, 3.8) is 0 Å². The fourth-order valence-electron chi connectivity index (χ4n) is 1.38. The van der Waals surface area contributed by atoms with E-state index in [9.17, 15) is 9.18 Å². The van der Waals surface area contributed by atoms with Crippen molar-refractivity contribution in [2.75, 3.05) is 11.1 Å². The molecule has 0 aliphatic rings. The van der Waals surface area contributed by atoms with Gasteiger partial charge in [-0.15, -0.1) is 0 Å². The first-order chi connectivity index (χ1) is 8.58. The van der Waals surface area contributed by atoms with Gasteiger partial charge in [-0.2, -0.15) is 4.39 Å². The summed E-state index contributed by atoms with van der Waals surface area (Å²) < 4.78 is 14.2. The molecule has 92 valence electrons. The molecule has 6 heteroatoms. The normalized spacial score (nSPS) is 10.1. The second-order valence-electron chi connectivity index (χ2n) is 3.52. The standard InChI is InChI=1S/C12H9FIN3O/c13-11-10(15)9(5-6-16-11)12(18)17-8-3-1-7(14)2-4-8/h1-6H,15H2,(H,17,18). The van der Waals surface area contributed by atoms with E-state index in [0.717, 1.165) is 3.57 Å². The molecule has 1 amide bonds. The number of nitrogens with two attached hydrogens (primary N) is 1. The summed E-state index contributed by atoms with van der Waals surface area (Å²) in [6, 6.07) is 8.60. The van der Waals surface area contributed by atoms with E-state index in [1.54, 1.807) is 12.1 Å². The molecule has 4 nitrogen and oxygen atoms in total. The molecule has 1 aromatic heterocycles. The molecule has 0 saturated heterocycles. The van der Waals surface area contributed by atoms with E-state index in [4.69, 9.17) is 5.73 Å². The maximum atomic E-state index is 13.1. The quantitative estimate of drug-likeness (QED) is 0.642. The zero-order valence-corrected chi connectivity index (χ0v) is 11.3. The second-order valence-corrected chi connectivity index (χ2v) is 4.77. The van der Waals surface area contributed by atoms with E-state index in [2.05, 4.69) is 32.9 Å². The van der Waals surface area contributed by atoms with Gasteiger partial charge in [-0.25, -0.2) is 4.98 Å². The predicted octanol–water partition coefficient (Wildman–Crippen LogP) is 2.66. The first-order valence-electron chi connectivity index (χ1n) is 5.05. The van der Waals surface area contributed by atoms with E-state index in [1.165, 1.54) is 12.3 Å². The lowest BCUT2D eigenvalue weighted by molar-refractivity contribution is 0.102. The third-order valence-electron chi connectivity index (χ3n) is 2.29. The maximum Gasteiger partial charge on any atom is 0.257 e. The Balaban J connectivity index is 2.22. The van der Waals surface area contributed by atoms with Gasteiger partial charge < -0.3 is 11.1 Å². The van der Waals surface area contributed by atoms with Gasteiger partial charge in [-0.1, -0.05) is 0 Å². The molecule has 1 heterocycles. The van der Waals surface area contributed by atoms with Crippen LogP contribution in [0.1, 0.15) is 10.4 Å². The van der Waals surface area contributed by atoms with Gasteiger partial charge in [0, 0.05) is 15.5 Å². The highest BCUT2D eigenvalue weighted by Gasteiger charge is 2.13. The molecular formula is C12H9FIN3O. The number of rotatable bonds is 2. The second kappa shape index (κ2) is 5.30. The number of hydrogen-bond acceptors (Lipinski definition) is 3. The van der Waals surface area contributed by atoms with Gasteiger partial charge in [-0.05, 0) is 52.9 Å². The van der Waals surface area contributed by atoms with Crippen LogP contribution >= 0.6 is 22.6 Å². The highest BCUT2D eigenvalue weighted by atomic mass is 127. The van der Waals surface area contributed by atoms with E-state index in [-0.39, 0.29) is 11.3 Å². The average Bonchev–Trinajstić information content (AvgIpc) is 2.35. The number of anilines is 2. The summed E-state index contributed by atoms with van der Waals surface area (Å²) in [4.78, 5) is 15.3. The number of aromatic nitrogens is 1. The predicted molar refractivity (Wildman–Crippen MR) is 75.7 cm³/mol. The lowest BCUT2D eigenvalue weighted by Crippen LogP contribution is -2.15. The van der Waals surface area contributed by atoms with Crippen LogP contribution in [-0.4, -0.2) is 10.9 Å². The van der Waals surface area contributed by atoms with E-state index < -0.39 is 11.9 Å². The summed E-state index contributed by atoms with van der Waals surface area (Å²) in [5.74, 6) is -1.31. The number of nitrogen functional groups attached to an aromatic ring is 1. The number of carbonyl (C=O) groups excluding carboxylic acids is 1. The third-order valence-corrected chi connectivity index (χ3v) is 3.01. The molecule has 0 radical (unpaired) electrons. The van der Waals surface area contributed by atoms with Gasteiger partial charge >= 0.3 is 0 Å². The molecular weight excluding hydrogens is 348 g/mol. The SMILES string of the molecule is Nc1c(C(=O)Nc2ccc(I)cc2)ccnc1F. The Morgan fingerprint density at radius 3 is 2.61 bits per heavy atom. The van der Waals surface area contributed by atoms with Crippen LogP contribution in [0.15, 0.2) is 36.5 Å². The van der Waals surface area contributed by atoms with Crippen molar-refractivity contribution in [2.45, 2.75) is 0 Å². The average molecular weight is 357 g/mol. The fraction of sp³-hybridized carbons (Fsp3) is 0. The number of halogens is 2. The summed E-state index contributed by atoms with van der Waals surface area (Å²) in [6.07, 6.45) is 1.20.